The topological polar surface area (TPSA) is 66.8 Å². The number of methoxy groups -OCH3 is 1. The molecule has 4 aliphatic carbocycles. The highest BCUT2D eigenvalue weighted by Crippen LogP contribution is 2.62. The van der Waals surface area contributed by atoms with Crippen LogP contribution in [0.3, 0.4) is 0 Å². The number of aliphatic carboxylic acids is 1. The lowest BCUT2D eigenvalue weighted by Crippen LogP contribution is -2.48. The molecule has 156 valence electrons. The summed E-state index contributed by atoms with van der Waals surface area (Å²) in [5.74, 6) is 2.58. The van der Waals surface area contributed by atoms with Crippen molar-refractivity contribution in [3.63, 3.8) is 0 Å². The first-order valence-corrected chi connectivity index (χ1v) is 10.9. The van der Waals surface area contributed by atoms with Crippen LogP contribution in [0, 0.1) is 17.8 Å². The van der Waals surface area contributed by atoms with Gasteiger partial charge in [-0.25, -0.2) is 4.79 Å². The minimum atomic E-state index is -0.975. The molecule has 0 amide bonds. The first kappa shape index (κ1) is 19.2. The maximum atomic E-state index is 10.8. The van der Waals surface area contributed by atoms with E-state index in [0.29, 0.717) is 11.5 Å². The van der Waals surface area contributed by atoms with E-state index in [1.54, 1.807) is 13.2 Å². The van der Waals surface area contributed by atoms with Gasteiger partial charge in [0.05, 0.1) is 7.11 Å². The van der Waals surface area contributed by atoms with Gasteiger partial charge in [0.1, 0.15) is 11.5 Å². The molecule has 0 unspecified atom stereocenters. The quantitative estimate of drug-likeness (QED) is 0.634. The number of carboxylic acid groups (broad SMARTS) is 1. The molecule has 4 nitrogen and oxygen atoms in total. The number of phenolic OH excluding ortho intramolecular Hbond substituents is 1. The zero-order chi connectivity index (χ0) is 20.9. The fraction of sp³-hybridized carbons (Fsp3) is 0.423. The Morgan fingerprint density at radius 3 is 2.30 bits per heavy atom. The molecule has 4 bridgehead atoms. The minimum absolute atomic E-state index is 0.117. The fourth-order valence-electron chi connectivity index (χ4n) is 6.79. The van der Waals surface area contributed by atoms with Gasteiger partial charge in [-0.1, -0.05) is 18.2 Å². The van der Waals surface area contributed by atoms with Gasteiger partial charge in [0.2, 0.25) is 0 Å². The Hall–Kier alpha value is -2.75. The highest BCUT2D eigenvalue weighted by atomic mass is 16.5. The number of hydrogen-bond acceptors (Lipinski definition) is 3. The van der Waals surface area contributed by atoms with Crippen LogP contribution in [0.25, 0.3) is 17.2 Å². The van der Waals surface area contributed by atoms with Crippen molar-refractivity contribution in [3.8, 4) is 22.6 Å². The molecular weight excluding hydrogens is 376 g/mol. The monoisotopic (exact) mass is 404 g/mol. The number of phenols is 1. The molecule has 0 aliphatic heterocycles. The average molecular weight is 405 g/mol. The summed E-state index contributed by atoms with van der Waals surface area (Å²) in [5, 5.41) is 19.7. The SMILES string of the molecule is COc1cc(/C=C/C(=O)O)ccc1-c1ccc(O)c(C23CC4CC(CC(C4)C2)C3)c1. The molecule has 4 heteroatoms. The minimum Gasteiger partial charge on any atom is -0.508 e. The molecule has 0 radical (unpaired) electrons. The molecule has 4 saturated carbocycles. The molecule has 0 spiro atoms. The van der Waals surface area contributed by atoms with Gasteiger partial charge in [-0.05, 0) is 97.1 Å². The van der Waals surface area contributed by atoms with Gasteiger partial charge in [0.15, 0.2) is 0 Å². The molecule has 30 heavy (non-hydrogen) atoms. The van der Waals surface area contributed by atoms with Crippen LogP contribution in [0.4, 0.5) is 0 Å². The van der Waals surface area contributed by atoms with E-state index in [1.807, 2.05) is 30.3 Å². The van der Waals surface area contributed by atoms with Crippen LogP contribution in [0.1, 0.15) is 49.7 Å². The fourth-order valence-corrected chi connectivity index (χ4v) is 6.79. The Morgan fingerprint density at radius 2 is 1.70 bits per heavy atom. The van der Waals surface area contributed by atoms with E-state index in [1.165, 1.54) is 38.5 Å². The van der Waals surface area contributed by atoms with Crippen LogP contribution in [-0.4, -0.2) is 23.3 Å². The molecular formula is C26H28O4. The van der Waals surface area contributed by atoms with Gasteiger partial charge in [-0.15, -0.1) is 0 Å². The maximum absolute atomic E-state index is 10.8. The summed E-state index contributed by atoms with van der Waals surface area (Å²) in [4.78, 5) is 10.8. The Morgan fingerprint density at radius 1 is 1.03 bits per heavy atom. The van der Waals surface area contributed by atoms with Crippen LogP contribution in [0.15, 0.2) is 42.5 Å². The van der Waals surface area contributed by atoms with E-state index in [-0.39, 0.29) is 5.41 Å². The van der Waals surface area contributed by atoms with Crippen LogP contribution in [0.5, 0.6) is 11.5 Å². The number of carbonyl (C=O) groups is 1. The van der Waals surface area contributed by atoms with Crippen LogP contribution < -0.4 is 4.74 Å². The Labute approximate surface area is 177 Å². The van der Waals surface area contributed by atoms with E-state index < -0.39 is 5.97 Å². The molecule has 0 heterocycles. The van der Waals surface area contributed by atoms with Gasteiger partial charge in [0.25, 0.3) is 0 Å². The van der Waals surface area contributed by atoms with Crippen molar-refractivity contribution < 1.29 is 19.7 Å². The van der Waals surface area contributed by atoms with E-state index in [2.05, 4.69) is 6.07 Å². The lowest BCUT2D eigenvalue weighted by atomic mass is 9.48. The predicted octanol–water partition coefficient (Wildman–Crippen LogP) is 5.63. The van der Waals surface area contributed by atoms with Crippen LogP contribution in [0.2, 0.25) is 0 Å². The van der Waals surface area contributed by atoms with E-state index in [0.717, 1.165) is 46.1 Å². The smallest absolute Gasteiger partial charge is 0.328 e. The highest BCUT2D eigenvalue weighted by Gasteiger charge is 2.52. The highest BCUT2D eigenvalue weighted by molar-refractivity contribution is 5.86. The molecule has 0 aromatic heterocycles. The van der Waals surface area contributed by atoms with E-state index in [4.69, 9.17) is 9.84 Å². The third kappa shape index (κ3) is 3.28. The zero-order valence-electron chi connectivity index (χ0n) is 17.3. The van der Waals surface area contributed by atoms with Crippen molar-refractivity contribution in [1.82, 2.24) is 0 Å². The molecule has 6 rings (SSSR count). The number of hydrogen-bond donors (Lipinski definition) is 2. The van der Waals surface area contributed by atoms with Gasteiger partial charge >= 0.3 is 5.97 Å². The van der Waals surface area contributed by atoms with Gasteiger partial charge in [-0.3, -0.25) is 0 Å². The van der Waals surface area contributed by atoms with Crippen LogP contribution >= 0.6 is 0 Å². The number of aromatic hydroxyl groups is 1. The lowest BCUT2D eigenvalue weighted by Gasteiger charge is -2.57. The van der Waals surface area contributed by atoms with Crippen molar-refractivity contribution in [3.05, 3.63) is 53.6 Å². The Kier molecular flexibility index (Phi) is 4.61. The standard InChI is InChI=1S/C26H28O4/c1-30-24-11-16(3-7-25(28)29)2-5-21(24)20-4-6-23(27)22(12-20)26-13-17-8-18(14-26)10-19(9-17)15-26/h2-7,11-12,17-19,27H,8-10,13-15H2,1H3,(H,28,29)/b7-3+. The molecule has 4 fully saturated rings. The first-order chi connectivity index (χ1) is 14.5. The summed E-state index contributed by atoms with van der Waals surface area (Å²) in [5.41, 5.74) is 3.99. The number of rotatable bonds is 5. The van der Waals surface area contributed by atoms with Crippen molar-refractivity contribution in [1.29, 1.82) is 0 Å². The second kappa shape index (κ2) is 7.19. The van der Waals surface area contributed by atoms with Gasteiger partial charge < -0.3 is 14.9 Å². The number of benzene rings is 2. The molecule has 2 aromatic carbocycles. The predicted molar refractivity (Wildman–Crippen MR) is 117 cm³/mol. The summed E-state index contributed by atoms with van der Waals surface area (Å²) < 4.78 is 5.62. The van der Waals surface area contributed by atoms with Gasteiger partial charge in [0, 0.05) is 17.2 Å². The summed E-state index contributed by atoms with van der Waals surface area (Å²) in [6, 6.07) is 11.7. The number of carboxylic acids is 1. The summed E-state index contributed by atoms with van der Waals surface area (Å²) in [6.45, 7) is 0. The van der Waals surface area contributed by atoms with Crippen LogP contribution in [-0.2, 0) is 10.2 Å². The van der Waals surface area contributed by atoms with Crippen molar-refractivity contribution in [2.45, 2.75) is 43.9 Å². The van der Waals surface area contributed by atoms with Crippen molar-refractivity contribution >= 4 is 12.0 Å². The third-order valence-corrected chi connectivity index (χ3v) is 7.56. The summed E-state index contributed by atoms with van der Waals surface area (Å²) >= 11 is 0. The molecule has 0 atom stereocenters. The first-order valence-electron chi connectivity index (χ1n) is 10.9. The largest absolute Gasteiger partial charge is 0.508 e. The molecule has 2 aromatic rings. The zero-order valence-corrected chi connectivity index (χ0v) is 17.3. The second-order valence-electron chi connectivity index (χ2n) is 9.56. The average Bonchev–Trinajstić information content (AvgIpc) is 2.71. The van der Waals surface area contributed by atoms with E-state index >= 15 is 0 Å². The molecule has 4 aliphatic rings. The molecule has 2 N–H and O–H groups in total. The Balaban J connectivity index is 1.53. The normalized spacial score (nSPS) is 29.4. The molecule has 0 saturated heterocycles. The third-order valence-electron chi connectivity index (χ3n) is 7.56. The van der Waals surface area contributed by atoms with Gasteiger partial charge in [-0.2, -0.15) is 0 Å². The van der Waals surface area contributed by atoms with Crippen molar-refractivity contribution in [2.75, 3.05) is 7.11 Å². The second-order valence-corrected chi connectivity index (χ2v) is 9.56. The summed E-state index contributed by atoms with van der Waals surface area (Å²) in [6.07, 6.45) is 10.4. The summed E-state index contributed by atoms with van der Waals surface area (Å²) in [7, 11) is 1.63. The Bertz CT molecular complexity index is 984. The van der Waals surface area contributed by atoms with E-state index in [9.17, 15) is 9.90 Å². The lowest BCUT2D eigenvalue weighted by molar-refractivity contribution is -0.131. The number of ether oxygens (including phenoxy) is 1. The van der Waals surface area contributed by atoms with Crippen molar-refractivity contribution in [2.24, 2.45) is 17.8 Å². The maximum Gasteiger partial charge on any atom is 0.328 e.